The van der Waals surface area contributed by atoms with Gasteiger partial charge in [0.1, 0.15) is 0 Å². The Hall–Kier alpha value is -2.50. The van der Waals surface area contributed by atoms with Crippen molar-refractivity contribution in [2.45, 2.75) is 53.4 Å². The Balaban J connectivity index is 1.88. The van der Waals surface area contributed by atoms with Gasteiger partial charge in [-0.05, 0) is 44.4 Å². The van der Waals surface area contributed by atoms with Gasteiger partial charge in [0, 0.05) is 6.54 Å². The highest BCUT2D eigenvalue weighted by atomic mass is 16.5. The molecule has 1 heterocycles. The lowest BCUT2D eigenvalue weighted by molar-refractivity contribution is -0.124. The maximum absolute atomic E-state index is 12.2. The second-order valence-corrected chi connectivity index (χ2v) is 6.89. The molecule has 1 atom stereocenters. The first-order chi connectivity index (χ1) is 12.9. The van der Waals surface area contributed by atoms with Gasteiger partial charge in [-0.3, -0.25) is 4.79 Å². The minimum absolute atomic E-state index is 0.273. The lowest BCUT2D eigenvalue weighted by Gasteiger charge is -2.15. The molecular weight excluding hydrogens is 342 g/mol. The number of aryl methyl sites for hydroxylation is 2. The summed E-state index contributed by atoms with van der Waals surface area (Å²) in [6.45, 7) is 8.40. The summed E-state index contributed by atoms with van der Waals surface area (Å²) in [5.74, 6) is -0.342. The number of aromatic nitrogens is 2. The number of ether oxygens (including phenoxy) is 1. The molecule has 27 heavy (non-hydrogen) atoms. The first-order valence-corrected chi connectivity index (χ1v) is 9.63. The number of carbonyl (C=O) groups is 2. The van der Waals surface area contributed by atoms with E-state index in [1.807, 2.05) is 13.8 Å². The van der Waals surface area contributed by atoms with Gasteiger partial charge in [-0.1, -0.05) is 33.1 Å². The molecule has 0 saturated heterocycles. The Bertz CT molecular complexity index is 805. The van der Waals surface area contributed by atoms with Crippen LogP contribution in [0.15, 0.2) is 18.2 Å². The smallest absolute Gasteiger partial charge is 0.338 e. The third-order valence-corrected chi connectivity index (χ3v) is 4.78. The second-order valence-electron chi connectivity index (χ2n) is 6.89. The minimum Gasteiger partial charge on any atom is -0.452 e. The van der Waals surface area contributed by atoms with E-state index in [0.29, 0.717) is 23.5 Å². The summed E-state index contributed by atoms with van der Waals surface area (Å²) < 4.78 is 5.14. The van der Waals surface area contributed by atoms with Gasteiger partial charge in [0.25, 0.3) is 5.91 Å². The Morgan fingerprint density at radius 1 is 1.11 bits per heavy atom. The van der Waals surface area contributed by atoms with E-state index in [-0.39, 0.29) is 12.5 Å². The zero-order valence-electron chi connectivity index (χ0n) is 16.7. The van der Waals surface area contributed by atoms with E-state index in [9.17, 15) is 9.59 Å². The van der Waals surface area contributed by atoms with Gasteiger partial charge >= 0.3 is 5.97 Å². The lowest BCUT2D eigenvalue weighted by atomic mass is 9.99. The van der Waals surface area contributed by atoms with Crippen LogP contribution >= 0.6 is 0 Å². The summed E-state index contributed by atoms with van der Waals surface area (Å²) in [6, 6.07) is 5.03. The van der Waals surface area contributed by atoms with Crippen LogP contribution in [0.25, 0.3) is 11.0 Å². The molecule has 2 rings (SSSR count). The van der Waals surface area contributed by atoms with Crippen molar-refractivity contribution in [3.63, 3.8) is 0 Å². The van der Waals surface area contributed by atoms with Crippen molar-refractivity contribution in [2.24, 2.45) is 5.92 Å². The maximum Gasteiger partial charge on any atom is 0.338 e. The van der Waals surface area contributed by atoms with Crippen molar-refractivity contribution in [3.05, 3.63) is 35.2 Å². The van der Waals surface area contributed by atoms with Crippen LogP contribution in [-0.2, 0) is 9.53 Å². The number of nitrogens with zero attached hydrogens (tertiary/aromatic N) is 2. The number of unbranched alkanes of at least 4 members (excludes halogenated alkanes) is 1. The van der Waals surface area contributed by atoms with E-state index in [1.54, 1.807) is 18.2 Å². The Morgan fingerprint density at radius 3 is 2.48 bits per heavy atom. The van der Waals surface area contributed by atoms with Gasteiger partial charge in [-0.2, -0.15) is 0 Å². The van der Waals surface area contributed by atoms with Crippen LogP contribution in [0.1, 0.15) is 61.3 Å². The topological polar surface area (TPSA) is 81.2 Å². The standard InChI is InChI=1S/C21H29N3O3/c1-5-7-8-16(6-2)12-22-20(25)13-27-21(26)17-9-10-18-19(11-17)24-15(4)14(3)23-18/h9-11,16H,5-8,12-13H2,1-4H3,(H,22,25)/t16-/m0/s1. The number of carbonyl (C=O) groups excluding carboxylic acids is 2. The van der Waals surface area contributed by atoms with Gasteiger partial charge in [0.15, 0.2) is 6.61 Å². The molecule has 0 saturated carbocycles. The number of rotatable bonds is 9. The first-order valence-electron chi connectivity index (χ1n) is 9.63. The van der Waals surface area contributed by atoms with E-state index in [2.05, 4.69) is 29.1 Å². The Labute approximate surface area is 160 Å². The SMILES string of the molecule is CCCC[C@H](CC)CNC(=O)COC(=O)c1ccc2nc(C)c(C)nc2c1. The van der Waals surface area contributed by atoms with Crippen LogP contribution in [0.3, 0.4) is 0 Å². The minimum atomic E-state index is -0.537. The quantitative estimate of drug-likeness (QED) is 0.679. The Morgan fingerprint density at radius 2 is 1.81 bits per heavy atom. The van der Waals surface area contributed by atoms with Gasteiger partial charge in [0.2, 0.25) is 0 Å². The molecule has 1 N–H and O–H groups in total. The third kappa shape index (κ3) is 6.01. The highest BCUT2D eigenvalue weighted by Gasteiger charge is 2.13. The molecule has 0 radical (unpaired) electrons. The molecule has 1 aromatic heterocycles. The molecule has 0 bridgehead atoms. The molecule has 0 aliphatic rings. The van der Waals surface area contributed by atoms with Crippen molar-refractivity contribution in [3.8, 4) is 0 Å². The molecule has 0 aliphatic carbocycles. The van der Waals surface area contributed by atoms with E-state index < -0.39 is 5.97 Å². The predicted octanol–water partition coefficient (Wildman–Crippen LogP) is 3.74. The van der Waals surface area contributed by atoms with E-state index in [1.165, 1.54) is 0 Å². The molecular formula is C21H29N3O3. The fraction of sp³-hybridized carbons (Fsp3) is 0.524. The largest absolute Gasteiger partial charge is 0.452 e. The van der Waals surface area contributed by atoms with Crippen molar-refractivity contribution in [1.82, 2.24) is 15.3 Å². The number of amides is 1. The zero-order chi connectivity index (χ0) is 19.8. The van der Waals surface area contributed by atoms with Crippen LogP contribution in [0.5, 0.6) is 0 Å². The number of benzene rings is 1. The van der Waals surface area contributed by atoms with Crippen molar-refractivity contribution in [2.75, 3.05) is 13.2 Å². The molecule has 1 amide bonds. The zero-order valence-corrected chi connectivity index (χ0v) is 16.7. The molecule has 0 fully saturated rings. The van der Waals surface area contributed by atoms with E-state index >= 15 is 0 Å². The summed E-state index contributed by atoms with van der Waals surface area (Å²) >= 11 is 0. The summed E-state index contributed by atoms with van der Waals surface area (Å²) in [5.41, 5.74) is 3.41. The first kappa shape index (κ1) is 20.8. The van der Waals surface area contributed by atoms with Gasteiger partial charge in [-0.25, -0.2) is 14.8 Å². The van der Waals surface area contributed by atoms with Crippen molar-refractivity contribution in [1.29, 1.82) is 0 Å². The number of hydrogen-bond donors (Lipinski definition) is 1. The number of esters is 1. The second kappa shape index (κ2) is 10.00. The molecule has 2 aromatic rings. The molecule has 6 nitrogen and oxygen atoms in total. The van der Waals surface area contributed by atoms with Gasteiger partial charge < -0.3 is 10.1 Å². The average molecular weight is 371 g/mol. The fourth-order valence-electron chi connectivity index (χ4n) is 2.82. The van der Waals surface area contributed by atoms with Crippen molar-refractivity contribution < 1.29 is 14.3 Å². The average Bonchev–Trinajstić information content (AvgIpc) is 2.66. The van der Waals surface area contributed by atoms with E-state index in [4.69, 9.17) is 4.74 Å². The summed E-state index contributed by atoms with van der Waals surface area (Å²) in [4.78, 5) is 33.1. The maximum atomic E-state index is 12.2. The molecule has 0 spiro atoms. The van der Waals surface area contributed by atoms with Crippen LogP contribution in [-0.4, -0.2) is 35.0 Å². The van der Waals surface area contributed by atoms with Crippen LogP contribution < -0.4 is 5.32 Å². The molecule has 0 aliphatic heterocycles. The molecule has 1 aromatic carbocycles. The fourth-order valence-corrected chi connectivity index (χ4v) is 2.82. The van der Waals surface area contributed by atoms with Gasteiger partial charge in [0.05, 0.1) is 28.0 Å². The van der Waals surface area contributed by atoms with E-state index in [0.717, 1.165) is 42.6 Å². The van der Waals surface area contributed by atoms with Crippen LogP contribution in [0, 0.1) is 19.8 Å². The summed E-state index contributed by atoms with van der Waals surface area (Å²) in [7, 11) is 0. The number of fused-ring (bicyclic) bond motifs is 1. The molecule has 0 unspecified atom stereocenters. The molecule has 146 valence electrons. The predicted molar refractivity (Wildman–Crippen MR) is 106 cm³/mol. The van der Waals surface area contributed by atoms with Crippen LogP contribution in [0.2, 0.25) is 0 Å². The highest BCUT2D eigenvalue weighted by Crippen LogP contribution is 2.15. The monoisotopic (exact) mass is 371 g/mol. The highest BCUT2D eigenvalue weighted by molar-refractivity contribution is 5.94. The lowest BCUT2D eigenvalue weighted by Crippen LogP contribution is -2.32. The van der Waals surface area contributed by atoms with Crippen molar-refractivity contribution >= 4 is 22.9 Å². The van der Waals surface area contributed by atoms with Crippen LogP contribution in [0.4, 0.5) is 0 Å². The van der Waals surface area contributed by atoms with Gasteiger partial charge in [-0.15, -0.1) is 0 Å². The molecule has 6 heteroatoms. The summed E-state index contributed by atoms with van der Waals surface area (Å²) in [6.07, 6.45) is 4.44. The third-order valence-electron chi connectivity index (χ3n) is 4.78. The number of nitrogens with one attached hydrogen (secondary N) is 1. The normalized spacial score (nSPS) is 12.0. The number of hydrogen-bond acceptors (Lipinski definition) is 5. The summed E-state index contributed by atoms with van der Waals surface area (Å²) in [5, 5.41) is 2.85. The Kier molecular flexibility index (Phi) is 7.70.